The largest absolute Gasteiger partial charge is 0.481 e. The molecule has 1 fully saturated rings. The molecule has 106 valence electrons. The van der Waals surface area contributed by atoms with E-state index in [4.69, 9.17) is 9.84 Å². The molecule has 1 rings (SSSR count). The predicted octanol–water partition coefficient (Wildman–Crippen LogP) is -0.205. The van der Waals surface area contributed by atoms with Crippen LogP contribution in [0.15, 0.2) is 0 Å². The molecule has 0 aliphatic carbocycles. The van der Waals surface area contributed by atoms with E-state index in [-0.39, 0.29) is 25.1 Å². The third kappa shape index (κ3) is 4.52. The molecule has 0 spiro atoms. The molecule has 0 bridgehead atoms. The van der Waals surface area contributed by atoms with Crippen molar-refractivity contribution in [3.05, 3.63) is 0 Å². The number of carboxylic acids is 1. The minimum absolute atomic E-state index is 0.0527. The molecule has 0 amide bonds. The zero-order valence-corrected chi connectivity index (χ0v) is 11.4. The van der Waals surface area contributed by atoms with E-state index in [9.17, 15) is 13.2 Å². The lowest BCUT2D eigenvalue weighted by Gasteiger charge is -2.23. The highest BCUT2D eigenvalue weighted by molar-refractivity contribution is 7.87. The molecular weight excluding hydrogens is 260 g/mol. The topological polar surface area (TPSA) is 95.9 Å². The number of nitrogens with one attached hydrogen (secondary N) is 1. The molecule has 1 aliphatic rings. The lowest BCUT2D eigenvalue weighted by atomic mass is 10.1. The highest BCUT2D eigenvalue weighted by Crippen LogP contribution is 2.16. The molecule has 0 aromatic heterocycles. The fourth-order valence-electron chi connectivity index (χ4n) is 1.77. The molecular formula is C10H20N2O5S. The monoisotopic (exact) mass is 280 g/mol. The molecule has 0 aromatic rings. The maximum atomic E-state index is 11.9. The number of rotatable bonds is 7. The fourth-order valence-corrected chi connectivity index (χ4v) is 2.90. The summed E-state index contributed by atoms with van der Waals surface area (Å²) in [5.74, 6) is -1.02. The highest BCUT2D eigenvalue weighted by atomic mass is 32.2. The van der Waals surface area contributed by atoms with E-state index in [0.29, 0.717) is 6.61 Å². The first-order valence-electron chi connectivity index (χ1n) is 5.90. The Bertz CT molecular complexity index is 378. The summed E-state index contributed by atoms with van der Waals surface area (Å²) in [5.41, 5.74) is 0. The van der Waals surface area contributed by atoms with Crippen LogP contribution in [-0.4, -0.2) is 56.1 Å². The summed E-state index contributed by atoms with van der Waals surface area (Å²) in [6, 6.07) is -0.315. The van der Waals surface area contributed by atoms with Gasteiger partial charge in [-0.1, -0.05) is 0 Å². The molecule has 0 saturated carbocycles. The zero-order valence-electron chi connectivity index (χ0n) is 10.6. The molecule has 2 atom stereocenters. The van der Waals surface area contributed by atoms with Crippen molar-refractivity contribution in [2.24, 2.45) is 0 Å². The smallest absolute Gasteiger partial charge is 0.304 e. The number of nitrogens with zero attached hydrogens (tertiary/aromatic N) is 1. The summed E-state index contributed by atoms with van der Waals surface area (Å²) in [6.07, 6.45) is 1.45. The molecule has 1 aliphatic heterocycles. The van der Waals surface area contributed by atoms with Crippen LogP contribution in [0.25, 0.3) is 0 Å². The van der Waals surface area contributed by atoms with Gasteiger partial charge in [0, 0.05) is 26.2 Å². The first-order valence-corrected chi connectivity index (χ1v) is 7.34. The van der Waals surface area contributed by atoms with Gasteiger partial charge in [0.05, 0.1) is 12.5 Å². The van der Waals surface area contributed by atoms with Crippen LogP contribution in [0, 0.1) is 0 Å². The first kappa shape index (κ1) is 15.4. The number of carboxylic acid groups (broad SMARTS) is 1. The summed E-state index contributed by atoms with van der Waals surface area (Å²) >= 11 is 0. The van der Waals surface area contributed by atoms with E-state index in [2.05, 4.69) is 4.72 Å². The van der Waals surface area contributed by atoms with Crippen LogP contribution in [0.4, 0.5) is 0 Å². The molecule has 2 unspecified atom stereocenters. The molecule has 2 N–H and O–H groups in total. The van der Waals surface area contributed by atoms with E-state index in [1.807, 2.05) is 0 Å². The van der Waals surface area contributed by atoms with Crippen molar-refractivity contribution in [2.75, 3.05) is 20.2 Å². The van der Waals surface area contributed by atoms with Gasteiger partial charge < -0.3 is 9.84 Å². The van der Waals surface area contributed by atoms with Crippen LogP contribution < -0.4 is 4.72 Å². The van der Waals surface area contributed by atoms with Crippen molar-refractivity contribution in [1.82, 2.24) is 9.03 Å². The van der Waals surface area contributed by atoms with Gasteiger partial charge in [-0.15, -0.1) is 0 Å². The quantitative estimate of drug-likeness (QED) is 0.673. The second-order valence-corrected chi connectivity index (χ2v) is 6.24. The number of hydrogen-bond donors (Lipinski definition) is 2. The van der Waals surface area contributed by atoms with E-state index >= 15 is 0 Å². The fraction of sp³-hybridized carbons (Fsp3) is 0.900. The lowest BCUT2D eigenvalue weighted by molar-refractivity contribution is -0.137. The van der Waals surface area contributed by atoms with Crippen molar-refractivity contribution in [1.29, 1.82) is 0 Å². The van der Waals surface area contributed by atoms with Crippen LogP contribution in [0.2, 0.25) is 0 Å². The Morgan fingerprint density at radius 1 is 1.61 bits per heavy atom. The number of carbonyl (C=O) groups is 1. The van der Waals surface area contributed by atoms with Crippen LogP contribution in [-0.2, 0) is 19.7 Å². The maximum absolute atomic E-state index is 11.9. The Kier molecular flexibility index (Phi) is 5.51. The van der Waals surface area contributed by atoms with Gasteiger partial charge in [0.1, 0.15) is 0 Å². The van der Waals surface area contributed by atoms with Gasteiger partial charge in [-0.2, -0.15) is 17.4 Å². The van der Waals surface area contributed by atoms with E-state index in [1.165, 1.54) is 7.05 Å². The number of ether oxygens (including phenoxy) is 1. The van der Waals surface area contributed by atoms with Gasteiger partial charge in [0.25, 0.3) is 10.2 Å². The van der Waals surface area contributed by atoms with Gasteiger partial charge in [0.2, 0.25) is 0 Å². The third-order valence-electron chi connectivity index (χ3n) is 2.91. The van der Waals surface area contributed by atoms with E-state index < -0.39 is 16.2 Å². The Labute approximate surface area is 107 Å². The number of aliphatic carboxylic acids is 1. The van der Waals surface area contributed by atoms with Crippen molar-refractivity contribution in [2.45, 2.75) is 38.3 Å². The van der Waals surface area contributed by atoms with Crippen LogP contribution in [0.3, 0.4) is 0 Å². The van der Waals surface area contributed by atoms with E-state index in [1.54, 1.807) is 6.92 Å². The third-order valence-corrected chi connectivity index (χ3v) is 4.58. The Morgan fingerprint density at radius 3 is 2.78 bits per heavy atom. The van der Waals surface area contributed by atoms with E-state index in [0.717, 1.165) is 17.1 Å². The first-order chi connectivity index (χ1) is 8.33. The average molecular weight is 280 g/mol. The maximum Gasteiger partial charge on any atom is 0.304 e. The summed E-state index contributed by atoms with van der Waals surface area (Å²) in [6.45, 7) is 2.35. The molecule has 8 heteroatoms. The standard InChI is InChI=1S/C10H20N2O5S/c1-8(9-4-3-7-17-9)11-18(15,16)12(2)6-5-10(13)14/h8-9,11H,3-7H2,1-2H3,(H,13,14). The SMILES string of the molecule is CC(NS(=O)(=O)N(C)CCC(=O)O)C1CCCO1. The number of hydrogen-bond acceptors (Lipinski definition) is 4. The van der Waals surface area contributed by atoms with Crippen molar-refractivity contribution < 1.29 is 23.1 Å². The summed E-state index contributed by atoms with van der Waals surface area (Å²) < 4.78 is 32.7. The summed E-state index contributed by atoms with van der Waals surface area (Å²) in [4.78, 5) is 10.4. The normalized spacial score (nSPS) is 22.3. The van der Waals surface area contributed by atoms with Crippen LogP contribution in [0.5, 0.6) is 0 Å². The average Bonchev–Trinajstić information content (AvgIpc) is 2.78. The Balaban J connectivity index is 2.49. The molecule has 0 aromatic carbocycles. The minimum atomic E-state index is -3.65. The Hall–Kier alpha value is -0.700. The minimum Gasteiger partial charge on any atom is -0.481 e. The predicted molar refractivity (Wildman–Crippen MR) is 65.4 cm³/mol. The van der Waals surface area contributed by atoms with Gasteiger partial charge in [-0.25, -0.2) is 0 Å². The summed E-state index contributed by atoms with van der Waals surface area (Å²) in [5, 5.41) is 8.52. The van der Waals surface area contributed by atoms with Crippen molar-refractivity contribution >= 4 is 16.2 Å². The van der Waals surface area contributed by atoms with Gasteiger partial charge in [0.15, 0.2) is 0 Å². The van der Waals surface area contributed by atoms with Gasteiger partial charge in [-0.3, -0.25) is 4.79 Å². The highest BCUT2D eigenvalue weighted by Gasteiger charge is 2.28. The lowest BCUT2D eigenvalue weighted by Crippen LogP contribution is -2.47. The molecule has 18 heavy (non-hydrogen) atoms. The van der Waals surface area contributed by atoms with Gasteiger partial charge in [-0.05, 0) is 19.8 Å². The second kappa shape index (κ2) is 6.46. The molecule has 1 heterocycles. The Morgan fingerprint density at radius 2 is 2.28 bits per heavy atom. The zero-order chi connectivity index (χ0) is 13.8. The van der Waals surface area contributed by atoms with Crippen molar-refractivity contribution in [3.63, 3.8) is 0 Å². The van der Waals surface area contributed by atoms with Crippen LogP contribution >= 0.6 is 0 Å². The van der Waals surface area contributed by atoms with Gasteiger partial charge >= 0.3 is 5.97 Å². The summed E-state index contributed by atoms with van der Waals surface area (Å²) in [7, 11) is -2.30. The van der Waals surface area contributed by atoms with Crippen LogP contribution in [0.1, 0.15) is 26.2 Å². The molecule has 0 radical (unpaired) electrons. The molecule has 7 nitrogen and oxygen atoms in total. The second-order valence-electron chi connectivity index (χ2n) is 4.43. The molecule has 1 saturated heterocycles. The van der Waals surface area contributed by atoms with Crippen molar-refractivity contribution in [3.8, 4) is 0 Å².